The van der Waals surface area contributed by atoms with Gasteiger partial charge in [-0.1, -0.05) is 103 Å². The number of para-hydroxylation sites is 1. The van der Waals surface area contributed by atoms with Gasteiger partial charge in [-0.2, -0.15) is 0 Å². The minimum Gasteiger partial charge on any atom is -0.468 e. The summed E-state index contributed by atoms with van der Waals surface area (Å²) >= 11 is 0. The molecule has 0 aliphatic rings. The van der Waals surface area contributed by atoms with E-state index in [2.05, 4.69) is 10.3 Å². The molecule has 0 saturated carbocycles. The zero-order valence-electron chi connectivity index (χ0n) is 25.4. The molecule has 0 radical (unpaired) electrons. The first-order chi connectivity index (χ1) is 22.2. The van der Waals surface area contributed by atoms with Gasteiger partial charge in [0.2, 0.25) is 11.5 Å². The van der Waals surface area contributed by atoms with E-state index in [1.165, 1.54) is 4.90 Å². The van der Waals surface area contributed by atoms with Gasteiger partial charge in [0.15, 0.2) is 5.96 Å². The van der Waals surface area contributed by atoms with Crippen LogP contribution in [0.25, 0.3) is 0 Å². The van der Waals surface area contributed by atoms with Crippen LogP contribution in [0.1, 0.15) is 35.1 Å². The summed E-state index contributed by atoms with van der Waals surface area (Å²) in [5, 5.41) is 2.56. The van der Waals surface area contributed by atoms with Gasteiger partial charge in [-0.3, -0.25) is 14.6 Å². The normalized spacial score (nSPS) is 11.6. The molecule has 0 aromatic heterocycles. The number of nitrogens with zero attached hydrogens (tertiary/aromatic N) is 2. The molecule has 0 fully saturated rings. The second kappa shape index (κ2) is 15.8. The molecule has 0 saturated heterocycles. The number of nitrogens with two attached hydrogens (primary N) is 4. The average Bonchev–Trinajstić information content (AvgIpc) is 3.06. The van der Waals surface area contributed by atoms with Gasteiger partial charge in [0, 0.05) is 30.8 Å². The van der Waals surface area contributed by atoms with E-state index in [0.717, 1.165) is 11.1 Å². The SMILES string of the molecule is NC(=O)NCc1ccc(CN(C(=O)C(Oc2ccccc2)(c2ccccc2)c2ccccc2)[C@H](CCCN=C(N)N)C(N)=O)cc1. The molecular weight excluding hydrogens is 582 g/mol. The third-order valence-corrected chi connectivity index (χ3v) is 7.41. The maximum Gasteiger partial charge on any atom is 0.312 e. The van der Waals surface area contributed by atoms with E-state index in [9.17, 15) is 9.59 Å². The summed E-state index contributed by atoms with van der Waals surface area (Å²) in [7, 11) is 0. The van der Waals surface area contributed by atoms with Crippen LogP contribution < -0.4 is 33.0 Å². The third kappa shape index (κ3) is 8.41. The molecule has 9 N–H and O–H groups in total. The highest BCUT2D eigenvalue weighted by Crippen LogP contribution is 2.38. The highest BCUT2D eigenvalue weighted by Gasteiger charge is 2.49. The molecule has 0 bridgehead atoms. The Hall–Kier alpha value is -5.84. The molecule has 4 aromatic rings. The maximum absolute atomic E-state index is 15.4. The van der Waals surface area contributed by atoms with Crippen molar-refractivity contribution in [1.29, 1.82) is 0 Å². The second-order valence-corrected chi connectivity index (χ2v) is 10.7. The van der Waals surface area contributed by atoms with Crippen molar-refractivity contribution in [3.8, 4) is 5.75 Å². The summed E-state index contributed by atoms with van der Waals surface area (Å²) in [6.45, 7) is 0.513. The van der Waals surface area contributed by atoms with Gasteiger partial charge in [0.25, 0.3) is 5.91 Å². The fourth-order valence-corrected chi connectivity index (χ4v) is 5.20. The first-order valence-electron chi connectivity index (χ1n) is 14.8. The molecule has 11 heteroatoms. The van der Waals surface area contributed by atoms with Crippen molar-refractivity contribution in [2.24, 2.45) is 27.9 Å². The number of primary amides is 2. The number of aliphatic imine (C=N–C) groups is 1. The third-order valence-electron chi connectivity index (χ3n) is 7.41. The van der Waals surface area contributed by atoms with E-state index in [1.54, 1.807) is 12.1 Å². The molecule has 1 atom stereocenters. The van der Waals surface area contributed by atoms with Crippen molar-refractivity contribution >= 4 is 23.8 Å². The van der Waals surface area contributed by atoms with Crippen molar-refractivity contribution in [2.45, 2.75) is 37.6 Å². The fourth-order valence-electron chi connectivity index (χ4n) is 5.20. The van der Waals surface area contributed by atoms with Gasteiger partial charge in [-0.05, 0) is 36.1 Å². The van der Waals surface area contributed by atoms with Gasteiger partial charge in [0.1, 0.15) is 11.8 Å². The van der Waals surface area contributed by atoms with Gasteiger partial charge >= 0.3 is 6.03 Å². The second-order valence-electron chi connectivity index (χ2n) is 10.7. The summed E-state index contributed by atoms with van der Waals surface area (Å²) in [5.41, 5.74) is 23.2. The highest BCUT2D eigenvalue weighted by molar-refractivity contribution is 5.94. The number of carbonyl (C=O) groups is 3. The molecule has 4 rings (SSSR count). The van der Waals surface area contributed by atoms with Crippen LogP contribution in [0.4, 0.5) is 4.79 Å². The van der Waals surface area contributed by atoms with Crippen LogP contribution in [0.15, 0.2) is 120 Å². The number of benzene rings is 4. The quantitative estimate of drug-likeness (QED) is 0.0769. The van der Waals surface area contributed by atoms with Crippen molar-refractivity contribution in [2.75, 3.05) is 6.54 Å². The molecule has 11 nitrogen and oxygen atoms in total. The van der Waals surface area contributed by atoms with Gasteiger partial charge in [-0.15, -0.1) is 0 Å². The average molecular weight is 622 g/mol. The number of guanidine groups is 1. The van der Waals surface area contributed by atoms with Gasteiger partial charge < -0.3 is 37.9 Å². The van der Waals surface area contributed by atoms with E-state index < -0.39 is 29.5 Å². The number of ether oxygens (including phenoxy) is 1. The fraction of sp³-hybridized carbons (Fsp3) is 0.200. The number of hydrogen-bond acceptors (Lipinski definition) is 5. The number of carbonyl (C=O) groups excluding carboxylic acids is 3. The predicted molar refractivity (Wildman–Crippen MR) is 177 cm³/mol. The minimum atomic E-state index is -1.71. The van der Waals surface area contributed by atoms with E-state index in [-0.39, 0.29) is 32.0 Å². The van der Waals surface area contributed by atoms with E-state index in [4.69, 9.17) is 27.7 Å². The lowest BCUT2D eigenvalue weighted by atomic mass is 9.83. The van der Waals surface area contributed by atoms with Crippen molar-refractivity contribution in [3.05, 3.63) is 138 Å². The number of urea groups is 1. The summed E-state index contributed by atoms with van der Waals surface area (Å²) in [6, 6.07) is 33.0. The summed E-state index contributed by atoms with van der Waals surface area (Å²) in [4.78, 5) is 45.2. The zero-order chi connectivity index (χ0) is 32.9. The molecular formula is C35H39N7O4. The van der Waals surface area contributed by atoms with E-state index in [1.807, 2.05) is 103 Å². The number of rotatable bonds is 15. The standard InChI is InChI=1S/C35H39N7O4/c36-31(43)30(17-10-22-40-33(37)38)42(24-26-20-18-25(19-21-26)23-41-34(39)45)32(44)35(27-11-4-1-5-12-27,28-13-6-2-7-14-28)46-29-15-8-3-9-16-29/h1-9,11-16,18-21,30H,10,17,22-24H2,(H2,36,43)(H4,37,38,40)(H3,39,41,45)/t30-/m1/s1. The number of amides is 4. The lowest BCUT2D eigenvalue weighted by molar-refractivity contribution is -0.152. The molecule has 0 spiro atoms. The molecule has 0 aliphatic heterocycles. The van der Waals surface area contributed by atoms with Crippen LogP contribution >= 0.6 is 0 Å². The molecule has 0 aliphatic carbocycles. The molecule has 238 valence electrons. The van der Waals surface area contributed by atoms with Crippen LogP contribution in [0, 0.1) is 0 Å². The van der Waals surface area contributed by atoms with Crippen LogP contribution in [0.5, 0.6) is 5.75 Å². The molecule has 4 amide bonds. The molecule has 0 heterocycles. The Morgan fingerprint density at radius 2 is 1.26 bits per heavy atom. The van der Waals surface area contributed by atoms with Crippen molar-refractivity contribution < 1.29 is 19.1 Å². The lowest BCUT2D eigenvalue weighted by Crippen LogP contribution is -2.57. The number of nitrogens with one attached hydrogen (secondary N) is 1. The lowest BCUT2D eigenvalue weighted by Gasteiger charge is -2.40. The van der Waals surface area contributed by atoms with E-state index >= 15 is 4.79 Å². The predicted octanol–water partition coefficient (Wildman–Crippen LogP) is 3.11. The smallest absolute Gasteiger partial charge is 0.312 e. The summed E-state index contributed by atoms with van der Waals surface area (Å²) in [6.07, 6.45) is 0.583. The minimum absolute atomic E-state index is 0.0256. The Morgan fingerprint density at radius 1 is 0.739 bits per heavy atom. The Balaban J connectivity index is 1.86. The molecule has 0 unspecified atom stereocenters. The zero-order valence-corrected chi connectivity index (χ0v) is 25.4. The Bertz CT molecular complexity index is 1570. The molecule has 46 heavy (non-hydrogen) atoms. The highest BCUT2D eigenvalue weighted by atomic mass is 16.5. The topological polar surface area (TPSA) is 192 Å². The Morgan fingerprint density at radius 3 is 1.76 bits per heavy atom. The van der Waals surface area contributed by atoms with Crippen LogP contribution in [-0.4, -0.2) is 41.3 Å². The Labute approximate surface area is 268 Å². The van der Waals surface area contributed by atoms with Crippen molar-refractivity contribution in [3.63, 3.8) is 0 Å². The monoisotopic (exact) mass is 621 g/mol. The largest absolute Gasteiger partial charge is 0.468 e. The first-order valence-corrected chi connectivity index (χ1v) is 14.8. The summed E-state index contributed by atoms with van der Waals surface area (Å²) in [5.74, 6) is -0.787. The number of hydrogen-bond donors (Lipinski definition) is 5. The summed E-state index contributed by atoms with van der Waals surface area (Å²) < 4.78 is 6.76. The van der Waals surface area contributed by atoms with Gasteiger partial charge in [-0.25, -0.2) is 4.79 Å². The van der Waals surface area contributed by atoms with Crippen LogP contribution in [-0.2, 0) is 28.3 Å². The Kier molecular flexibility index (Phi) is 11.3. The van der Waals surface area contributed by atoms with E-state index in [0.29, 0.717) is 23.3 Å². The molecule has 4 aromatic carbocycles. The van der Waals surface area contributed by atoms with Crippen LogP contribution in [0.3, 0.4) is 0 Å². The van der Waals surface area contributed by atoms with Gasteiger partial charge in [0.05, 0.1) is 0 Å². The first kappa shape index (κ1) is 33.1. The van der Waals surface area contributed by atoms with Crippen LogP contribution in [0.2, 0.25) is 0 Å². The maximum atomic E-state index is 15.4. The van der Waals surface area contributed by atoms with Crippen molar-refractivity contribution in [1.82, 2.24) is 10.2 Å².